The second kappa shape index (κ2) is 8.34. The minimum absolute atomic E-state index is 0.0989. The summed E-state index contributed by atoms with van der Waals surface area (Å²) in [6.07, 6.45) is 1.55. The van der Waals surface area contributed by atoms with E-state index in [1.165, 1.54) is 4.88 Å². The summed E-state index contributed by atoms with van der Waals surface area (Å²) >= 11 is 6.58. The fourth-order valence-electron chi connectivity index (χ4n) is 1.77. The number of carbonyl (C=O) groups excluding carboxylic acids is 1. The molecular formula is C14H23N3OS2. The van der Waals surface area contributed by atoms with Gasteiger partial charge in [0.15, 0.2) is 0 Å². The number of amides is 1. The van der Waals surface area contributed by atoms with Crippen LogP contribution in [-0.2, 0) is 11.2 Å². The molecule has 2 N–H and O–H groups in total. The van der Waals surface area contributed by atoms with Gasteiger partial charge in [-0.25, -0.2) is 0 Å². The second-order valence-electron chi connectivity index (χ2n) is 5.08. The molecular weight excluding hydrogens is 290 g/mol. The van der Waals surface area contributed by atoms with Crippen LogP contribution in [0.4, 0.5) is 0 Å². The summed E-state index contributed by atoms with van der Waals surface area (Å²) in [7, 11) is 3.77. The number of hydrogen-bond acceptors (Lipinski definition) is 4. The van der Waals surface area contributed by atoms with Crippen molar-refractivity contribution < 1.29 is 4.79 Å². The number of nitrogens with two attached hydrogens (primary N) is 1. The molecule has 1 atom stereocenters. The molecule has 1 amide bonds. The van der Waals surface area contributed by atoms with Crippen molar-refractivity contribution >= 4 is 34.5 Å². The fourth-order valence-corrected chi connectivity index (χ4v) is 2.69. The van der Waals surface area contributed by atoms with Crippen molar-refractivity contribution in [3.63, 3.8) is 0 Å². The van der Waals surface area contributed by atoms with Crippen molar-refractivity contribution in [3.8, 4) is 0 Å². The zero-order chi connectivity index (χ0) is 15.1. The second-order valence-corrected chi connectivity index (χ2v) is 6.64. The molecule has 1 aromatic heterocycles. The lowest BCUT2D eigenvalue weighted by Crippen LogP contribution is -2.41. The molecule has 0 aromatic carbocycles. The van der Waals surface area contributed by atoms with Gasteiger partial charge in [0.2, 0.25) is 5.91 Å². The SMILES string of the molecule is CC(Cc1cccs1)N(C)CC(=O)N(C)CCC(N)=S. The van der Waals surface area contributed by atoms with E-state index in [9.17, 15) is 4.79 Å². The van der Waals surface area contributed by atoms with Gasteiger partial charge in [0.25, 0.3) is 0 Å². The Morgan fingerprint density at radius 1 is 1.50 bits per heavy atom. The third-order valence-electron chi connectivity index (χ3n) is 3.33. The Morgan fingerprint density at radius 2 is 2.20 bits per heavy atom. The first-order valence-electron chi connectivity index (χ1n) is 6.65. The summed E-state index contributed by atoms with van der Waals surface area (Å²) < 4.78 is 0. The number of thiophene rings is 1. The van der Waals surface area contributed by atoms with Crippen molar-refractivity contribution in [1.82, 2.24) is 9.80 Å². The topological polar surface area (TPSA) is 49.6 Å². The maximum atomic E-state index is 12.1. The summed E-state index contributed by atoms with van der Waals surface area (Å²) in [5, 5.41) is 2.08. The van der Waals surface area contributed by atoms with E-state index >= 15 is 0 Å². The first kappa shape index (κ1) is 17.1. The minimum atomic E-state index is 0.0989. The van der Waals surface area contributed by atoms with Gasteiger partial charge in [0.05, 0.1) is 11.5 Å². The van der Waals surface area contributed by atoms with Gasteiger partial charge in [-0.05, 0) is 31.8 Å². The summed E-state index contributed by atoms with van der Waals surface area (Å²) in [6.45, 7) is 3.14. The van der Waals surface area contributed by atoms with Gasteiger partial charge in [0.1, 0.15) is 0 Å². The van der Waals surface area contributed by atoms with Crippen molar-refractivity contribution in [3.05, 3.63) is 22.4 Å². The maximum Gasteiger partial charge on any atom is 0.236 e. The third-order valence-corrected chi connectivity index (χ3v) is 4.44. The van der Waals surface area contributed by atoms with Gasteiger partial charge in [-0.3, -0.25) is 9.69 Å². The molecule has 0 bridgehead atoms. The Bertz CT molecular complexity index is 434. The molecule has 0 aliphatic heterocycles. The largest absolute Gasteiger partial charge is 0.393 e. The van der Waals surface area contributed by atoms with Crippen LogP contribution in [0.5, 0.6) is 0 Å². The molecule has 1 aromatic rings. The Labute approximate surface area is 130 Å². The molecule has 0 saturated heterocycles. The monoisotopic (exact) mass is 313 g/mol. The molecule has 1 unspecified atom stereocenters. The van der Waals surface area contributed by atoms with Crippen LogP contribution in [0.15, 0.2) is 17.5 Å². The maximum absolute atomic E-state index is 12.1. The molecule has 0 saturated carbocycles. The first-order valence-corrected chi connectivity index (χ1v) is 7.93. The highest BCUT2D eigenvalue weighted by atomic mass is 32.1. The van der Waals surface area contributed by atoms with Crippen molar-refractivity contribution in [2.45, 2.75) is 25.8 Å². The third kappa shape index (κ3) is 5.98. The van der Waals surface area contributed by atoms with Crippen LogP contribution < -0.4 is 5.73 Å². The molecule has 0 fully saturated rings. The molecule has 112 valence electrons. The molecule has 20 heavy (non-hydrogen) atoms. The Morgan fingerprint density at radius 3 is 2.75 bits per heavy atom. The van der Waals surface area contributed by atoms with Crippen LogP contribution in [-0.4, -0.2) is 53.9 Å². The average molecular weight is 313 g/mol. The van der Waals surface area contributed by atoms with Crippen LogP contribution in [0.1, 0.15) is 18.2 Å². The van der Waals surface area contributed by atoms with E-state index < -0.39 is 0 Å². The van der Waals surface area contributed by atoms with Crippen LogP contribution in [0, 0.1) is 0 Å². The predicted octanol–water partition coefficient (Wildman–Crippen LogP) is 1.75. The summed E-state index contributed by atoms with van der Waals surface area (Å²) in [5.41, 5.74) is 5.45. The zero-order valence-electron chi connectivity index (χ0n) is 12.3. The molecule has 6 heteroatoms. The summed E-state index contributed by atoms with van der Waals surface area (Å²) in [4.78, 5) is 17.6. The van der Waals surface area contributed by atoms with E-state index in [-0.39, 0.29) is 5.91 Å². The number of likely N-dealkylation sites (N-methyl/N-ethyl adjacent to an activating group) is 2. The average Bonchev–Trinajstić information content (AvgIpc) is 2.88. The van der Waals surface area contributed by atoms with Crippen molar-refractivity contribution in [2.24, 2.45) is 5.73 Å². The van der Waals surface area contributed by atoms with Gasteiger partial charge < -0.3 is 10.6 Å². The number of nitrogens with zero attached hydrogens (tertiary/aromatic N) is 2. The quantitative estimate of drug-likeness (QED) is 0.743. The van der Waals surface area contributed by atoms with E-state index in [2.05, 4.69) is 29.3 Å². The van der Waals surface area contributed by atoms with Gasteiger partial charge in [-0.1, -0.05) is 18.3 Å². The highest BCUT2D eigenvalue weighted by molar-refractivity contribution is 7.80. The lowest BCUT2D eigenvalue weighted by Gasteiger charge is -2.26. The van der Waals surface area contributed by atoms with E-state index in [1.807, 2.05) is 7.05 Å². The van der Waals surface area contributed by atoms with Crippen molar-refractivity contribution in [2.75, 3.05) is 27.2 Å². The smallest absolute Gasteiger partial charge is 0.236 e. The van der Waals surface area contributed by atoms with Gasteiger partial charge in [-0.15, -0.1) is 11.3 Å². The number of thiocarbonyl (C=S) groups is 1. The van der Waals surface area contributed by atoms with Crippen LogP contribution >= 0.6 is 23.6 Å². The lowest BCUT2D eigenvalue weighted by atomic mass is 10.2. The normalized spacial score (nSPS) is 12.4. The van der Waals surface area contributed by atoms with Crippen LogP contribution in [0.3, 0.4) is 0 Å². The van der Waals surface area contributed by atoms with Gasteiger partial charge >= 0.3 is 0 Å². The molecule has 0 radical (unpaired) electrons. The number of hydrogen-bond donors (Lipinski definition) is 1. The zero-order valence-corrected chi connectivity index (χ0v) is 14.0. The molecule has 0 aliphatic rings. The van der Waals surface area contributed by atoms with E-state index in [0.717, 1.165) is 6.42 Å². The first-order chi connectivity index (χ1) is 9.40. The molecule has 4 nitrogen and oxygen atoms in total. The molecule has 0 aliphatic carbocycles. The standard InChI is InChI=1S/C14H23N3OS2/c1-11(9-12-5-4-8-20-12)17(3)10-14(18)16(2)7-6-13(15)19/h4-5,8,11H,6-7,9-10H2,1-3H3,(H2,15,19). The number of rotatable bonds is 8. The van der Waals surface area contributed by atoms with E-state index in [1.54, 1.807) is 23.3 Å². The lowest BCUT2D eigenvalue weighted by molar-refractivity contribution is -0.131. The van der Waals surface area contributed by atoms with Gasteiger partial charge in [0, 0.05) is 30.9 Å². The Hall–Kier alpha value is -0.980. The predicted molar refractivity (Wildman–Crippen MR) is 89.2 cm³/mol. The van der Waals surface area contributed by atoms with E-state index in [0.29, 0.717) is 30.5 Å². The van der Waals surface area contributed by atoms with Crippen LogP contribution in [0.2, 0.25) is 0 Å². The molecule has 1 heterocycles. The van der Waals surface area contributed by atoms with Gasteiger partial charge in [-0.2, -0.15) is 0 Å². The highest BCUT2D eigenvalue weighted by Gasteiger charge is 2.16. The minimum Gasteiger partial charge on any atom is -0.393 e. The number of carbonyl (C=O) groups is 1. The fraction of sp³-hybridized carbons (Fsp3) is 0.571. The Kier molecular flexibility index (Phi) is 7.12. The highest BCUT2D eigenvalue weighted by Crippen LogP contribution is 2.13. The summed E-state index contributed by atoms with van der Waals surface area (Å²) in [6, 6.07) is 4.52. The van der Waals surface area contributed by atoms with Crippen LogP contribution in [0.25, 0.3) is 0 Å². The van der Waals surface area contributed by atoms with E-state index in [4.69, 9.17) is 18.0 Å². The Balaban J connectivity index is 2.38. The molecule has 0 spiro atoms. The molecule has 1 rings (SSSR count). The summed E-state index contributed by atoms with van der Waals surface area (Å²) in [5.74, 6) is 0.0989. The van der Waals surface area contributed by atoms with Crippen molar-refractivity contribution in [1.29, 1.82) is 0 Å².